The first-order valence-corrected chi connectivity index (χ1v) is 9.11. The monoisotopic (exact) mass is 326 g/mol. The van der Waals surface area contributed by atoms with Crippen LogP contribution in [0.3, 0.4) is 0 Å². The van der Waals surface area contributed by atoms with E-state index in [1.807, 2.05) is 46.8 Å². The molecule has 0 heterocycles. The van der Waals surface area contributed by atoms with Gasteiger partial charge in [-0.1, -0.05) is 6.07 Å². The van der Waals surface area contributed by atoms with Gasteiger partial charge in [0.15, 0.2) is 0 Å². The summed E-state index contributed by atoms with van der Waals surface area (Å²) in [6.07, 6.45) is 1.28. The molecule has 1 amide bonds. The number of hydrogen-bond acceptors (Lipinski definition) is 3. The Bertz CT molecular complexity index is 646. The highest BCUT2D eigenvalue weighted by Gasteiger charge is 2.20. The number of nitrogens with zero attached hydrogens (tertiary/aromatic N) is 1. The third-order valence-corrected chi connectivity index (χ3v) is 4.43. The minimum atomic E-state index is -3.43. The Balaban J connectivity index is 2.92. The number of amides is 1. The van der Waals surface area contributed by atoms with Crippen LogP contribution in [0.4, 0.5) is 5.69 Å². The molecule has 0 fully saturated rings. The number of hydrogen-bond donors (Lipinski definition) is 1. The van der Waals surface area contributed by atoms with Gasteiger partial charge in [0.1, 0.15) is 0 Å². The summed E-state index contributed by atoms with van der Waals surface area (Å²) in [5.41, 5.74) is 2.38. The van der Waals surface area contributed by atoms with E-state index in [1.165, 1.54) is 4.31 Å². The van der Waals surface area contributed by atoms with Crippen LogP contribution in [0.2, 0.25) is 0 Å². The first kappa shape index (κ1) is 18.5. The highest BCUT2D eigenvalue weighted by Crippen LogP contribution is 2.21. The molecule has 0 saturated carbocycles. The van der Waals surface area contributed by atoms with Crippen LogP contribution in [-0.2, 0) is 14.8 Å². The lowest BCUT2D eigenvalue weighted by Gasteiger charge is -2.25. The maximum absolute atomic E-state index is 12.0. The molecule has 1 rings (SSSR count). The van der Waals surface area contributed by atoms with Crippen LogP contribution in [0.5, 0.6) is 0 Å². The Morgan fingerprint density at radius 1 is 1.18 bits per heavy atom. The molecule has 0 unspecified atom stereocenters. The fourth-order valence-electron chi connectivity index (χ4n) is 2.05. The molecule has 0 aliphatic carbocycles. The smallest absolute Gasteiger partial charge is 0.232 e. The van der Waals surface area contributed by atoms with Crippen molar-refractivity contribution in [3.05, 3.63) is 29.3 Å². The third-order valence-electron chi connectivity index (χ3n) is 3.24. The minimum absolute atomic E-state index is 0.122. The van der Waals surface area contributed by atoms with E-state index in [9.17, 15) is 13.2 Å². The maximum atomic E-state index is 12.0. The third kappa shape index (κ3) is 5.67. The normalized spacial score (nSPS) is 12.1. The molecule has 0 aromatic heterocycles. The van der Waals surface area contributed by atoms with Crippen molar-refractivity contribution in [1.82, 2.24) is 5.32 Å². The molecule has 1 N–H and O–H groups in total. The number of nitrogens with one attached hydrogen (secondary N) is 1. The van der Waals surface area contributed by atoms with Crippen molar-refractivity contribution in [2.45, 2.75) is 46.6 Å². The van der Waals surface area contributed by atoms with Crippen LogP contribution in [0.15, 0.2) is 18.2 Å². The Morgan fingerprint density at radius 2 is 1.77 bits per heavy atom. The molecule has 0 radical (unpaired) electrons. The lowest BCUT2D eigenvalue weighted by molar-refractivity contribution is -0.122. The Labute approximate surface area is 133 Å². The predicted molar refractivity (Wildman–Crippen MR) is 90.6 cm³/mol. The standard InChI is InChI=1S/C16H26N2O3S/c1-12-7-8-14(11-13(12)2)18(22(6,20)21)10-9-15(19)17-16(3,4)5/h7-8,11H,9-10H2,1-6H3,(H,17,19). The van der Waals surface area contributed by atoms with Gasteiger partial charge < -0.3 is 5.32 Å². The average Bonchev–Trinajstić information content (AvgIpc) is 2.29. The van der Waals surface area contributed by atoms with Crippen LogP contribution >= 0.6 is 0 Å². The SMILES string of the molecule is Cc1ccc(N(CCC(=O)NC(C)(C)C)S(C)(=O)=O)cc1C. The van der Waals surface area contributed by atoms with Crippen LogP contribution in [0.1, 0.15) is 38.3 Å². The van der Waals surface area contributed by atoms with E-state index in [0.717, 1.165) is 17.4 Å². The van der Waals surface area contributed by atoms with Gasteiger partial charge in [-0.25, -0.2) is 8.42 Å². The van der Waals surface area contributed by atoms with Gasteiger partial charge >= 0.3 is 0 Å². The first-order valence-electron chi connectivity index (χ1n) is 7.26. The maximum Gasteiger partial charge on any atom is 0.232 e. The van der Waals surface area contributed by atoms with Gasteiger partial charge in [0.05, 0.1) is 11.9 Å². The van der Waals surface area contributed by atoms with Crippen molar-refractivity contribution >= 4 is 21.6 Å². The van der Waals surface area contributed by atoms with Crippen molar-refractivity contribution in [1.29, 1.82) is 0 Å². The lowest BCUT2D eigenvalue weighted by Crippen LogP contribution is -2.42. The van der Waals surface area contributed by atoms with Crippen molar-refractivity contribution in [3.63, 3.8) is 0 Å². The summed E-state index contributed by atoms with van der Waals surface area (Å²) in [6, 6.07) is 5.49. The molecule has 22 heavy (non-hydrogen) atoms. The molecular formula is C16H26N2O3S. The van der Waals surface area contributed by atoms with Gasteiger partial charge in [0, 0.05) is 18.5 Å². The number of carbonyl (C=O) groups is 1. The molecule has 6 heteroatoms. The molecule has 0 aliphatic rings. The van der Waals surface area contributed by atoms with E-state index >= 15 is 0 Å². The highest BCUT2D eigenvalue weighted by atomic mass is 32.2. The summed E-state index contributed by atoms with van der Waals surface area (Å²) in [7, 11) is -3.43. The van der Waals surface area contributed by atoms with Gasteiger partial charge in [-0.15, -0.1) is 0 Å². The van der Waals surface area contributed by atoms with Crippen molar-refractivity contribution in [2.75, 3.05) is 17.1 Å². The minimum Gasteiger partial charge on any atom is -0.351 e. The molecule has 5 nitrogen and oxygen atoms in total. The quantitative estimate of drug-likeness (QED) is 0.903. The Hall–Kier alpha value is -1.56. The summed E-state index contributed by atoms with van der Waals surface area (Å²) in [5.74, 6) is -0.162. The number of rotatable bonds is 5. The van der Waals surface area contributed by atoms with Crippen LogP contribution in [0, 0.1) is 13.8 Å². The zero-order chi connectivity index (χ0) is 17.1. The second-order valence-electron chi connectivity index (χ2n) is 6.65. The zero-order valence-corrected chi connectivity index (χ0v) is 15.0. The number of sulfonamides is 1. The molecule has 0 atom stereocenters. The summed E-state index contributed by atoms with van der Waals surface area (Å²) < 4.78 is 25.3. The van der Waals surface area contributed by atoms with Gasteiger partial charge in [-0.05, 0) is 57.9 Å². The molecule has 0 aliphatic heterocycles. The summed E-state index contributed by atoms with van der Waals surface area (Å²) in [5, 5.41) is 2.84. The van der Waals surface area contributed by atoms with Crippen molar-refractivity contribution < 1.29 is 13.2 Å². The fraction of sp³-hybridized carbons (Fsp3) is 0.562. The number of benzene rings is 1. The van der Waals surface area contributed by atoms with Gasteiger partial charge in [-0.3, -0.25) is 9.10 Å². The van der Waals surface area contributed by atoms with Gasteiger partial charge in [0.2, 0.25) is 15.9 Å². The van der Waals surface area contributed by atoms with E-state index in [-0.39, 0.29) is 24.4 Å². The second kappa shape index (κ2) is 6.69. The Morgan fingerprint density at radius 3 is 2.23 bits per heavy atom. The predicted octanol–water partition coefficient (Wildman–Crippen LogP) is 2.37. The van der Waals surface area contributed by atoms with Gasteiger partial charge in [0.25, 0.3) is 0 Å². The number of aryl methyl sites for hydroxylation is 2. The lowest BCUT2D eigenvalue weighted by atomic mass is 10.1. The largest absolute Gasteiger partial charge is 0.351 e. The van der Waals surface area contributed by atoms with E-state index in [4.69, 9.17) is 0 Å². The van der Waals surface area contributed by atoms with E-state index < -0.39 is 10.0 Å². The van der Waals surface area contributed by atoms with Crippen LogP contribution in [0.25, 0.3) is 0 Å². The summed E-state index contributed by atoms with van der Waals surface area (Å²) in [6.45, 7) is 9.71. The van der Waals surface area contributed by atoms with Crippen LogP contribution in [-0.4, -0.2) is 32.7 Å². The second-order valence-corrected chi connectivity index (χ2v) is 8.56. The van der Waals surface area contributed by atoms with E-state index in [1.54, 1.807) is 6.07 Å². The molecule has 0 saturated heterocycles. The zero-order valence-electron chi connectivity index (χ0n) is 14.2. The highest BCUT2D eigenvalue weighted by molar-refractivity contribution is 7.92. The molecule has 1 aromatic rings. The van der Waals surface area contributed by atoms with Crippen LogP contribution < -0.4 is 9.62 Å². The summed E-state index contributed by atoms with van der Waals surface area (Å²) in [4.78, 5) is 11.9. The van der Waals surface area contributed by atoms with Crippen molar-refractivity contribution in [2.24, 2.45) is 0 Å². The molecule has 0 spiro atoms. The average molecular weight is 326 g/mol. The molecule has 1 aromatic carbocycles. The van der Waals surface area contributed by atoms with Gasteiger partial charge in [-0.2, -0.15) is 0 Å². The Kier molecular flexibility index (Phi) is 5.62. The van der Waals surface area contributed by atoms with Crippen molar-refractivity contribution in [3.8, 4) is 0 Å². The molecular weight excluding hydrogens is 300 g/mol. The van der Waals surface area contributed by atoms with E-state index in [2.05, 4.69) is 5.32 Å². The number of anilines is 1. The molecule has 0 bridgehead atoms. The molecule has 124 valence electrons. The topological polar surface area (TPSA) is 66.5 Å². The first-order chi connectivity index (χ1) is 9.90. The fourth-order valence-corrected chi connectivity index (χ4v) is 2.97. The number of carbonyl (C=O) groups excluding carboxylic acids is 1. The summed E-state index contributed by atoms with van der Waals surface area (Å²) >= 11 is 0. The van der Waals surface area contributed by atoms with E-state index in [0.29, 0.717) is 5.69 Å².